The lowest BCUT2D eigenvalue weighted by Gasteiger charge is -2.17. The summed E-state index contributed by atoms with van der Waals surface area (Å²) in [4.78, 5) is 0. The van der Waals surface area contributed by atoms with Crippen molar-refractivity contribution in [1.82, 2.24) is 0 Å². The SMILES string of the molecule is CC(C)(C)O[Si]CCl. The average Bonchev–Trinajstić information content (AvgIpc) is 1.59. The summed E-state index contributed by atoms with van der Waals surface area (Å²) in [5.41, 5.74) is 0.588. The van der Waals surface area contributed by atoms with Crippen LogP contribution in [0.2, 0.25) is 0 Å². The van der Waals surface area contributed by atoms with Gasteiger partial charge in [-0.25, -0.2) is 0 Å². The van der Waals surface area contributed by atoms with E-state index in [1.807, 2.05) is 20.8 Å². The zero-order valence-corrected chi connectivity index (χ0v) is 7.25. The molecule has 0 spiro atoms. The van der Waals surface area contributed by atoms with Crippen LogP contribution in [-0.2, 0) is 4.43 Å². The molecule has 0 aromatic carbocycles. The van der Waals surface area contributed by atoms with Crippen molar-refractivity contribution < 1.29 is 4.43 Å². The largest absolute Gasteiger partial charge is 0.412 e. The maximum atomic E-state index is 5.39. The minimum atomic E-state index is -0.0205. The normalized spacial score (nSPS) is 12.0. The van der Waals surface area contributed by atoms with Crippen molar-refractivity contribution in [2.24, 2.45) is 0 Å². The number of halogens is 1. The van der Waals surface area contributed by atoms with Crippen LogP contribution in [0.4, 0.5) is 0 Å². The van der Waals surface area contributed by atoms with Crippen LogP contribution in [0.5, 0.6) is 0 Å². The quantitative estimate of drug-likeness (QED) is 0.430. The van der Waals surface area contributed by atoms with E-state index in [0.29, 0.717) is 15.3 Å². The summed E-state index contributed by atoms with van der Waals surface area (Å²) < 4.78 is 5.27. The third kappa shape index (κ3) is 6.47. The first-order chi connectivity index (χ1) is 3.56. The number of hydrogen-bond acceptors (Lipinski definition) is 1. The molecule has 48 valence electrons. The van der Waals surface area contributed by atoms with Gasteiger partial charge in [-0.3, -0.25) is 0 Å². The lowest BCUT2D eigenvalue weighted by Crippen LogP contribution is -2.22. The van der Waals surface area contributed by atoms with E-state index in [-0.39, 0.29) is 5.60 Å². The molecule has 0 aliphatic carbocycles. The van der Waals surface area contributed by atoms with Gasteiger partial charge in [-0.1, -0.05) is 0 Å². The first kappa shape index (κ1) is 8.47. The Morgan fingerprint density at radius 3 is 2.12 bits per heavy atom. The summed E-state index contributed by atoms with van der Waals surface area (Å²) in [6, 6.07) is 0. The Morgan fingerprint density at radius 1 is 1.50 bits per heavy atom. The summed E-state index contributed by atoms with van der Waals surface area (Å²) in [5, 5.41) is 0. The fraction of sp³-hybridized carbons (Fsp3) is 1.00. The highest BCUT2D eigenvalue weighted by Gasteiger charge is 2.08. The molecule has 1 nitrogen and oxygen atoms in total. The molecule has 0 aliphatic rings. The van der Waals surface area contributed by atoms with Crippen LogP contribution in [0.25, 0.3) is 0 Å². The molecule has 8 heavy (non-hydrogen) atoms. The van der Waals surface area contributed by atoms with Gasteiger partial charge in [-0.05, 0) is 20.8 Å². The zero-order valence-electron chi connectivity index (χ0n) is 5.49. The van der Waals surface area contributed by atoms with Gasteiger partial charge in [0, 0.05) is 11.1 Å². The standard InChI is InChI=1S/C5H11ClOSi/c1-5(2,3)7-8-4-6/h4H2,1-3H3. The van der Waals surface area contributed by atoms with Gasteiger partial charge >= 0.3 is 0 Å². The highest BCUT2D eigenvalue weighted by Crippen LogP contribution is 2.04. The highest BCUT2D eigenvalue weighted by atomic mass is 35.5. The second-order valence-corrected chi connectivity index (χ2v) is 4.05. The van der Waals surface area contributed by atoms with E-state index in [1.165, 1.54) is 0 Å². The number of rotatable bonds is 2. The van der Waals surface area contributed by atoms with E-state index in [2.05, 4.69) is 0 Å². The molecule has 0 fully saturated rings. The Hall–Kier alpha value is 0.467. The first-order valence-corrected chi connectivity index (χ1v) is 4.18. The summed E-state index contributed by atoms with van der Waals surface area (Å²) in [5.74, 6) is 0. The van der Waals surface area contributed by atoms with Gasteiger partial charge in [-0.2, -0.15) is 0 Å². The average molecular weight is 151 g/mol. The van der Waals surface area contributed by atoms with Crippen LogP contribution in [-0.4, -0.2) is 20.9 Å². The second kappa shape index (κ2) is 3.48. The van der Waals surface area contributed by atoms with Crippen LogP contribution in [0.3, 0.4) is 0 Å². The Kier molecular flexibility index (Phi) is 3.69. The van der Waals surface area contributed by atoms with E-state index >= 15 is 0 Å². The van der Waals surface area contributed by atoms with Crippen LogP contribution in [0.15, 0.2) is 0 Å². The van der Waals surface area contributed by atoms with Gasteiger partial charge in [0.05, 0.1) is 0 Å². The van der Waals surface area contributed by atoms with E-state index in [1.54, 1.807) is 0 Å². The molecular formula is C5H11ClOSi. The maximum absolute atomic E-state index is 5.39. The molecule has 0 N–H and O–H groups in total. The molecule has 0 aliphatic heterocycles. The van der Waals surface area contributed by atoms with Crippen LogP contribution in [0, 0.1) is 0 Å². The molecular weight excluding hydrogens is 140 g/mol. The molecule has 0 atom stereocenters. The van der Waals surface area contributed by atoms with Crippen molar-refractivity contribution in [3.8, 4) is 0 Å². The highest BCUT2D eigenvalue weighted by molar-refractivity contribution is 6.45. The van der Waals surface area contributed by atoms with Crippen LogP contribution >= 0.6 is 11.6 Å². The molecule has 0 bridgehead atoms. The van der Waals surface area contributed by atoms with E-state index in [4.69, 9.17) is 16.0 Å². The molecule has 0 amide bonds. The third-order valence-electron chi connectivity index (χ3n) is 0.433. The minimum Gasteiger partial charge on any atom is -0.412 e. The van der Waals surface area contributed by atoms with Gasteiger partial charge in [0.15, 0.2) is 0 Å². The van der Waals surface area contributed by atoms with Crippen LogP contribution < -0.4 is 0 Å². The molecule has 0 saturated heterocycles. The number of hydrogen-bond donors (Lipinski definition) is 0. The zero-order chi connectivity index (χ0) is 6.62. The fourth-order valence-corrected chi connectivity index (χ4v) is 0.895. The molecule has 0 heterocycles. The van der Waals surface area contributed by atoms with Gasteiger partial charge in [-0.15, -0.1) is 11.6 Å². The van der Waals surface area contributed by atoms with E-state index < -0.39 is 0 Å². The minimum absolute atomic E-state index is 0.0205. The van der Waals surface area contributed by atoms with Gasteiger partial charge < -0.3 is 4.43 Å². The summed E-state index contributed by atoms with van der Waals surface area (Å²) in [7, 11) is 0.432. The Balaban J connectivity index is 3.11. The smallest absolute Gasteiger partial charge is 0.246 e. The van der Waals surface area contributed by atoms with Crippen molar-refractivity contribution in [3.05, 3.63) is 0 Å². The molecule has 0 aromatic heterocycles. The van der Waals surface area contributed by atoms with Crippen LogP contribution in [0.1, 0.15) is 20.8 Å². The lowest BCUT2D eigenvalue weighted by molar-refractivity contribution is 0.139. The van der Waals surface area contributed by atoms with Crippen molar-refractivity contribution in [1.29, 1.82) is 0 Å². The molecule has 0 rings (SSSR count). The van der Waals surface area contributed by atoms with Gasteiger partial charge in [0.1, 0.15) is 0 Å². The van der Waals surface area contributed by atoms with Gasteiger partial charge in [0.25, 0.3) is 0 Å². The third-order valence-corrected chi connectivity index (χ3v) is 1.63. The summed E-state index contributed by atoms with van der Waals surface area (Å²) in [6.07, 6.45) is 0. The summed E-state index contributed by atoms with van der Waals surface area (Å²) in [6.45, 7) is 6.06. The van der Waals surface area contributed by atoms with E-state index in [9.17, 15) is 0 Å². The van der Waals surface area contributed by atoms with E-state index in [0.717, 1.165) is 0 Å². The van der Waals surface area contributed by atoms with Crippen molar-refractivity contribution in [3.63, 3.8) is 0 Å². The Bertz CT molecular complexity index is 59.9. The lowest BCUT2D eigenvalue weighted by atomic mass is 10.2. The second-order valence-electron chi connectivity index (χ2n) is 2.49. The first-order valence-electron chi connectivity index (χ1n) is 2.53. The topological polar surface area (TPSA) is 9.23 Å². The monoisotopic (exact) mass is 150 g/mol. The number of alkyl halides is 1. The predicted octanol–water partition coefficient (Wildman–Crippen LogP) is 1.62. The molecule has 3 heteroatoms. The summed E-state index contributed by atoms with van der Waals surface area (Å²) >= 11 is 5.39. The molecule has 2 radical (unpaired) electrons. The van der Waals surface area contributed by atoms with Gasteiger partial charge in [0.2, 0.25) is 9.76 Å². The maximum Gasteiger partial charge on any atom is 0.246 e. The molecule has 0 saturated carbocycles. The van der Waals surface area contributed by atoms with Crippen molar-refractivity contribution in [2.75, 3.05) is 5.50 Å². The fourth-order valence-electron chi connectivity index (χ4n) is 0.244. The molecule has 0 aromatic rings. The predicted molar refractivity (Wildman–Crippen MR) is 37.3 cm³/mol. The Labute approximate surface area is 58.3 Å². The van der Waals surface area contributed by atoms with Crippen molar-refractivity contribution in [2.45, 2.75) is 26.4 Å². The Morgan fingerprint density at radius 2 is 2.00 bits per heavy atom. The molecule has 0 unspecified atom stereocenters. The van der Waals surface area contributed by atoms with Crippen molar-refractivity contribution >= 4 is 21.4 Å².